The second-order valence-electron chi connectivity index (χ2n) is 20.1. The summed E-state index contributed by atoms with van der Waals surface area (Å²) < 4.78 is 2.27. The minimum Gasteiger partial charge on any atom is -0.292 e. The molecular weight excluding hydrogens is 929 g/mol. The Balaban J connectivity index is 0.953. The molecule has 0 bridgehead atoms. The lowest BCUT2D eigenvalue weighted by molar-refractivity contribution is 1.10. The highest BCUT2D eigenvalue weighted by Crippen LogP contribution is 2.51. The van der Waals surface area contributed by atoms with Crippen molar-refractivity contribution in [1.82, 2.24) is 9.55 Å². The van der Waals surface area contributed by atoms with E-state index in [1.807, 2.05) is 0 Å². The van der Waals surface area contributed by atoms with Crippen molar-refractivity contribution in [3.05, 3.63) is 291 Å². The van der Waals surface area contributed by atoms with Gasteiger partial charge < -0.3 is 0 Å². The van der Waals surface area contributed by atoms with E-state index in [1.165, 1.54) is 121 Å². The van der Waals surface area contributed by atoms with E-state index in [-0.39, 0.29) is 0 Å². The van der Waals surface area contributed by atoms with Crippen molar-refractivity contribution in [3.8, 4) is 83.8 Å². The van der Waals surface area contributed by atoms with Crippen LogP contribution >= 0.6 is 0 Å². The minimum absolute atomic E-state index is 0.929. The quantitative estimate of drug-likeness (QED) is 0.139. The van der Waals surface area contributed by atoms with Crippen LogP contribution < -0.4 is 0 Å². The van der Waals surface area contributed by atoms with E-state index >= 15 is 0 Å². The normalized spacial score (nSPS) is 11.6. The number of aromatic nitrogens is 2. The highest BCUT2D eigenvalue weighted by atomic mass is 15.1. The van der Waals surface area contributed by atoms with Crippen LogP contribution in [0.1, 0.15) is 0 Å². The number of imidazole rings is 1. The molecular formula is C75H48N2. The van der Waals surface area contributed by atoms with Gasteiger partial charge in [-0.25, -0.2) is 4.98 Å². The molecule has 0 N–H and O–H groups in total. The topological polar surface area (TPSA) is 17.8 Å². The molecule has 0 saturated carbocycles. The second kappa shape index (κ2) is 18.3. The number of hydrogen-bond donors (Lipinski definition) is 0. The van der Waals surface area contributed by atoms with Gasteiger partial charge in [0, 0.05) is 11.3 Å². The predicted octanol–water partition coefficient (Wildman–Crippen LogP) is 20.5. The third kappa shape index (κ3) is 7.37. The van der Waals surface area contributed by atoms with E-state index in [9.17, 15) is 0 Å². The molecule has 1 heterocycles. The summed E-state index contributed by atoms with van der Waals surface area (Å²) in [5.41, 5.74) is 18.8. The van der Waals surface area contributed by atoms with Gasteiger partial charge in [-0.2, -0.15) is 0 Å². The van der Waals surface area contributed by atoms with Crippen LogP contribution in [-0.4, -0.2) is 9.55 Å². The lowest BCUT2D eigenvalue weighted by Gasteiger charge is -2.22. The van der Waals surface area contributed by atoms with E-state index in [0.717, 1.165) is 28.1 Å². The van der Waals surface area contributed by atoms with Crippen molar-refractivity contribution in [1.29, 1.82) is 0 Å². The van der Waals surface area contributed by atoms with Crippen LogP contribution in [0, 0.1) is 0 Å². The molecule has 14 aromatic carbocycles. The molecule has 0 unspecified atom stereocenters. The van der Waals surface area contributed by atoms with Gasteiger partial charge in [0.2, 0.25) is 0 Å². The Morgan fingerprint density at radius 2 is 0.610 bits per heavy atom. The van der Waals surface area contributed by atoms with Gasteiger partial charge in [0.05, 0.1) is 11.0 Å². The summed E-state index contributed by atoms with van der Waals surface area (Å²) in [5, 5.41) is 12.1. The zero-order valence-corrected chi connectivity index (χ0v) is 42.1. The number of fused-ring (bicyclic) bond motifs is 6. The van der Waals surface area contributed by atoms with E-state index in [1.54, 1.807) is 0 Å². The van der Waals surface area contributed by atoms with Crippen molar-refractivity contribution < 1.29 is 0 Å². The maximum absolute atomic E-state index is 5.20. The summed E-state index contributed by atoms with van der Waals surface area (Å²) >= 11 is 0. The summed E-state index contributed by atoms with van der Waals surface area (Å²) in [4.78, 5) is 5.20. The average molecular weight is 977 g/mol. The first-order valence-corrected chi connectivity index (χ1v) is 26.5. The summed E-state index contributed by atoms with van der Waals surface area (Å²) in [6.07, 6.45) is 0. The molecule has 2 nitrogen and oxygen atoms in total. The molecule has 0 aliphatic carbocycles. The molecule has 0 radical (unpaired) electrons. The molecule has 15 aromatic rings. The van der Waals surface area contributed by atoms with Crippen molar-refractivity contribution in [2.45, 2.75) is 0 Å². The maximum atomic E-state index is 5.20. The molecule has 0 amide bonds. The first-order chi connectivity index (χ1) is 38.2. The first kappa shape index (κ1) is 44.3. The molecule has 0 saturated heterocycles. The van der Waals surface area contributed by atoms with Crippen LogP contribution in [0.15, 0.2) is 291 Å². The average Bonchev–Trinajstić information content (AvgIpc) is 3.92. The number of benzene rings is 14. The predicted molar refractivity (Wildman–Crippen MR) is 327 cm³/mol. The Hall–Kier alpha value is -10.2. The fourth-order valence-corrected chi connectivity index (χ4v) is 12.4. The van der Waals surface area contributed by atoms with Gasteiger partial charge in [-0.3, -0.25) is 4.57 Å². The molecule has 0 fully saturated rings. The summed E-state index contributed by atoms with van der Waals surface area (Å²) in [6, 6.07) is 107. The monoisotopic (exact) mass is 976 g/mol. The standard InChI is InChI=1S/C75H48N2/c1-4-22-49(23-5-1)57-28-10-12-30-59(57)73-65-36-18-19-37-66(65)74(60-31-13-11-29-58(60)50-24-6-2-7-25-50)68-48-54(44-45-67(68)73)72-63-34-16-14-32-61(63)71(62-33-15-17-35-64(62)72)53-42-40-52-47-55(43-41-51(52)46-53)75-76-69-38-20-21-39-70(69)77(75)56-26-8-3-9-27-56/h1-48H. The zero-order chi connectivity index (χ0) is 50.8. The smallest absolute Gasteiger partial charge is 0.145 e. The van der Waals surface area contributed by atoms with Gasteiger partial charge in [-0.15, -0.1) is 0 Å². The van der Waals surface area contributed by atoms with Crippen LogP contribution in [-0.2, 0) is 0 Å². The minimum atomic E-state index is 0.929. The Labute approximate surface area is 447 Å². The van der Waals surface area contributed by atoms with Crippen LogP contribution in [0.25, 0.3) is 149 Å². The summed E-state index contributed by atoms with van der Waals surface area (Å²) in [6.45, 7) is 0. The van der Waals surface area contributed by atoms with Crippen LogP contribution in [0.5, 0.6) is 0 Å². The number of nitrogens with zero attached hydrogens (tertiary/aromatic N) is 2. The van der Waals surface area contributed by atoms with Gasteiger partial charge in [0.15, 0.2) is 0 Å². The van der Waals surface area contributed by atoms with Crippen molar-refractivity contribution in [2.75, 3.05) is 0 Å². The number of para-hydroxylation sites is 3. The van der Waals surface area contributed by atoms with Crippen molar-refractivity contribution in [2.24, 2.45) is 0 Å². The Kier molecular flexibility index (Phi) is 10.6. The van der Waals surface area contributed by atoms with Gasteiger partial charge >= 0.3 is 0 Å². The summed E-state index contributed by atoms with van der Waals surface area (Å²) in [5.74, 6) is 0.929. The summed E-state index contributed by atoms with van der Waals surface area (Å²) in [7, 11) is 0. The van der Waals surface area contributed by atoms with Gasteiger partial charge in [-0.05, 0) is 163 Å². The fourth-order valence-electron chi connectivity index (χ4n) is 12.4. The van der Waals surface area contributed by atoms with Crippen molar-refractivity contribution in [3.63, 3.8) is 0 Å². The van der Waals surface area contributed by atoms with Gasteiger partial charge in [0.25, 0.3) is 0 Å². The molecule has 0 aliphatic heterocycles. The Bertz CT molecular complexity index is 4720. The molecule has 0 atom stereocenters. The highest BCUT2D eigenvalue weighted by molar-refractivity contribution is 6.26. The second-order valence-corrected chi connectivity index (χ2v) is 20.1. The molecule has 77 heavy (non-hydrogen) atoms. The lowest BCUT2D eigenvalue weighted by atomic mass is 9.80. The first-order valence-electron chi connectivity index (χ1n) is 26.5. The molecule has 2 heteroatoms. The zero-order valence-electron chi connectivity index (χ0n) is 42.1. The van der Waals surface area contributed by atoms with Gasteiger partial charge in [-0.1, -0.05) is 249 Å². The highest BCUT2D eigenvalue weighted by Gasteiger charge is 2.24. The molecule has 1 aromatic heterocycles. The largest absolute Gasteiger partial charge is 0.292 e. The molecule has 358 valence electrons. The van der Waals surface area contributed by atoms with Crippen molar-refractivity contribution >= 4 is 64.9 Å². The molecule has 0 spiro atoms. The molecule has 0 aliphatic rings. The third-order valence-electron chi connectivity index (χ3n) is 15.8. The third-order valence-corrected chi connectivity index (χ3v) is 15.8. The van der Waals surface area contributed by atoms with E-state index < -0.39 is 0 Å². The number of rotatable bonds is 8. The molecule has 15 rings (SSSR count). The van der Waals surface area contributed by atoms with E-state index in [0.29, 0.717) is 0 Å². The Morgan fingerprint density at radius 3 is 1.16 bits per heavy atom. The van der Waals surface area contributed by atoms with E-state index in [4.69, 9.17) is 4.98 Å². The van der Waals surface area contributed by atoms with Crippen LogP contribution in [0.3, 0.4) is 0 Å². The fraction of sp³-hybridized carbons (Fsp3) is 0. The SMILES string of the molecule is c1ccc(-c2ccccc2-c2c3ccccc3c(-c3ccccc3-c3ccccc3)c3cc(-c4c5ccccc5c(-c5ccc6cc(-c7nc8ccccc8n7-c7ccccc7)ccc6c5)c5ccccc45)ccc23)cc1. The van der Waals surface area contributed by atoms with Gasteiger partial charge in [0.1, 0.15) is 5.82 Å². The lowest BCUT2D eigenvalue weighted by Crippen LogP contribution is -1.97. The Morgan fingerprint density at radius 1 is 0.234 bits per heavy atom. The maximum Gasteiger partial charge on any atom is 0.145 e. The van der Waals surface area contributed by atoms with E-state index in [2.05, 4.69) is 296 Å². The van der Waals surface area contributed by atoms with Crippen LogP contribution in [0.4, 0.5) is 0 Å². The van der Waals surface area contributed by atoms with Crippen LogP contribution in [0.2, 0.25) is 0 Å². The number of hydrogen-bond acceptors (Lipinski definition) is 1.